The van der Waals surface area contributed by atoms with Gasteiger partial charge in [0.25, 0.3) is 11.5 Å². The van der Waals surface area contributed by atoms with E-state index in [1.807, 2.05) is 5.38 Å². The first kappa shape index (κ1) is 16.9. The number of nitrogens with zero attached hydrogens (tertiary/aromatic N) is 3. The number of nitrogens with one attached hydrogen (secondary N) is 1. The van der Waals surface area contributed by atoms with Gasteiger partial charge in [-0.1, -0.05) is 6.92 Å². The van der Waals surface area contributed by atoms with Gasteiger partial charge in [0.05, 0.1) is 5.69 Å². The topological polar surface area (TPSA) is 67.2 Å². The Bertz CT molecular complexity index is 783. The van der Waals surface area contributed by atoms with E-state index in [0.717, 1.165) is 31.2 Å². The van der Waals surface area contributed by atoms with Crippen LogP contribution in [0, 0.1) is 5.92 Å². The number of piperidine rings is 1. The molecule has 1 saturated heterocycles. The molecule has 0 aromatic carbocycles. The van der Waals surface area contributed by atoms with Gasteiger partial charge < -0.3 is 4.57 Å². The molecule has 1 aliphatic rings. The van der Waals surface area contributed by atoms with Gasteiger partial charge in [0, 0.05) is 43.3 Å². The quantitative estimate of drug-likeness (QED) is 0.923. The lowest BCUT2D eigenvalue weighted by atomic mass is 10.0. The van der Waals surface area contributed by atoms with E-state index in [4.69, 9.17) is 0 Å². The molecule has 3 rings (SSSR count). The summed E-state index contributed by atoms with van der Waals surface area (Å²) in [7, 11) is 1.65. The molecule has 1 amide bonds. The molecule has 0 saturated carbocycles. The minimum Gasteiger partial charge on any atom is -0.319 e. The van der Waals surface area contributed by atoms with Crippen LogP contribution in [0.3, 0.4) is 0 Å². The van der Waals surface area contributed by atoms with Crippen LogP contribution >= 0.6 is 11.3 Å². The second kappa shape index (κ2) is 7.27. The van der Waals surface area contributed by atoms with E-state index >= 15 is 0 Å². The van der Waals surface area contributed by atoms with Gasteiger partial charge in [0.1, 0.15) is 0 Å². The van der Waals surface area contributed by atoms with E-state index in [1.165, 1.54) is 34.8 Å². The molecular formula is C17H22N4O2S. The number of likely N-dealkylation sites (tertiary alicyclic amines) is 1. The van der Waals surface area contributed by atoms with Crippen molar-refractivity contribution in [2.24, 2.45) is 13.0 Å². The van der Waals surface area contributed by atoms with Gasteiger partial charge in [-0.25, -0.2) is 4.98 Å². The van der Waals surface area contributed by atoms with Gasteiger partial charge in [-0.3, -0.25) is 19.8 Å². The van der Waals surface area contributed by atoms with Crippen LogP contribution in [0.2, 0.25) is 0 Å². The van der Waals surface area contributed by atoms with Crippen molar-refractivity contribution in [3.05, 3.63) is 45.3 Å². The Labute approximate surface area is 145 Å². The molecule has 0 bridgehead atoms. The van der Waals surface area contributed by atoms with Crippen molar-refractivity contribution >= 4 is 22.4 Å². The summed E-state index contributed by atoms with van der Waals surface area (Å²) in [6.07, 6.45) is 4.12. The fourth-order valence-electron chi connectivity index (χ4n) is 2.96. The lowest BCUT2D eigenvalue weighted by molar-refractivity contribution is 0.102. The van der Waals surface area contributed by atoms with E-state index in [9.17, 15) is 9.59 Å². The van der Waals surface area contributed by atoms with Gasteiger partial charge in [-0.05, 0) is 31.4 Å². The molecule has 1 aliphatic heterocycles. The molecule has 1 unspecified atom stereocenters. The monoisotopic (exact) mass is 346 g/mol. The summed E-state index contributed by atoms with van der Waals surface area (Å²) >= 11 is 1.42. The van der Waals surface area contributed by atoms with Gasteiger partial charge in [0.2, 0.25) is 0 Å². The number of amides is 1. The number of anilines is 1. The highest BCUT2D eigenvalue weighted by atomic mass is 32.1. The molecule has 1 N–H and O–H groups in total. The zero-order valence-electron chi connectivity index (χ0n) is 14.0. The van der Waals surface area contributed by atoms with E-state index in [1.54, 1.807) is 19.3 Å². The van der Waals surface area contributed by atoms with Gasteiger partial charge >= 0.3 is 0 Å². The van der Waals surface area contributed by atoms with Crippen LogP contribution in [0.5, 0.6) is 0 Å². The predicted octanol–water partition coefficient (Wildman–Crippen LogP) is 2.33. The van der Waals surface area contributed by atoms with Crippen molar-refractivity contribution < 1.29 is 4.79 Å². The Hall–Kier alpha value is -1.99. The van der Waals surface area contributed by atoms with Crippen LogP contribution in [0.1, 0.15) is 35.8 Å². The number of hydrogen-bond acceptors (Lipinski definition) is 5. The average Bonchev–Trinajstić information content (AvgIpc) is 2.97. The smallest absolute Gasteiger partial charge is 0.257 e. The Balaban J connectivity index is 1.62. The van der Waals surface area contributed by atoms with Crippen LogP contribution in [-0.2, 0) is 13.6 Å². The first-order valence-corrected chi connectivity index (χ1v) is 9.04. The summed E-state index contributed by atoms with van der Waals surface area (Å²) < 4.78 is 1.43. The number of carbonyl (C=O) groups is 1. The number of carbonyl (C=O) groups excluding carboxylic acids is 1. The van der Waals surface area contributed by atoms with E-state index < -0.39 is 0 Å². The molecule has 0 aliphatic carbocycles. The number of aryl methyl sites for hydroxylation is 1. The highest BCUT2D eigenvalue weighted by Crippen LogP contribution is 2.21. The van der Waals surface area contributed by atoms with Crippen molar-refractivity contribution in [1.29, 1.82) is 0 Å². The summed E-state index contributed by atoms with van der Waals surface area (Å²) in [5.41, 5.74) is 1.12. The SMILES string of the molecule is CC1CCCN(Cc2csc(NC(=O)c3ccn(C)c(=O)c3)n2)C1. The fourth-order valence-corrected chi connectivity index (χ4v) is 3.65. The first-order chi connectivity index (χ1) is 11.5. The third-order valence-electron chi connectivity index (χ3n) is 4.27. The van der Waals surface area contributed by atoms with Crippen LogP contribution in [-0.4, -0.2) is 33.4 Å². The van der Waals surface area contributed by atoms with Gasteiger partial charge in [-0.2, -0.15) is 0 Å². The lowest BCUT2D eigenvalue weighted by Gasteiger charge is -2.30. The minimum absolute atomic E-state index is 0.207. The Morgan fingerprint density at radius 2 is 2.33 bits per heavy atom. The maximum Gasteiger partial charge on any atom is 0.257 e. The zero-order valence-corrected chi connectivity index (χ0v) is 14.8. The second-order valence-electron chi connectivity index (χ2n) is 6.45. The largest absolute Gasteiger partial charge is 0.319 e. The number of hydrogen-bond donors (Lipinski definition) is 1. The molecule has 1 atom stereocenters. The molecule has 1 fully saturated rings. The summed E-state index contributed by atoms with van der Waals surface area (Å²) in [5.74, 6) is 0.428. The van der Waals surface area contributed by atoms with Crippen LogP contribution in [0.15, 0.2) is 28.5 Å². The molecule has 2 aromatic heterocycles. The molecule has 6 nitrogen and oxygen atoms in total. The van der Waals surface area contributed by atoms with Crippen LogP contribution in [0.4, 0.5) is 5.13 Å². The summed E-state index contributed by atoms with van der Waals surface area (Å²) in [6.45, 7) is 5.31. The van der Waals surface area contributed by atoms with Crippen molar-refractivity contribution in [2.45, 2.75) is 26.3 Å². The molecule has 2 aromatic rings. The molecule has 0 radical (unpaired) electrons. The van der Waals surface area contributed by atoms with Crippen molar-refractivity contribution in [2.75, 3.05) is 18.4 Å². The molecule has 3 heterocycles. The highest BCUT2D eigenvalue weighted by Gasteiger charge is 2.17. The number of pyridine rings is 1. The third-order valence-corrected chi connectivity index (χ3v) is 5.07. The van der Waals surface area contributed by atoms with E-state index in [0.29, 0.717) is 10.7 Å². The third kappa shape index (κ3) is 4.10. The average molecular weight is 346 g/mol. The number of aromatic nitrogens is 2. The zero-order chi connectivity index (χ0) is 17.1. The predicted molar refractivity (Wildman–Crippen MR) is 95.4 cm³/mol. The molecule has 0 spiro atoms. The Morgan fingerprint density at radius 3 is 3.08 bits per heavy atom. The van der Waals surface area contributed by atoms with Crippen molar-refractivity contribution in [3.8, 4) is 0 Å². The molecule has 7 heteroatoms. The maximum absolute atomic E-state index is 12.2. The lowest BCUT2D eigenvalue weighted by Crippen LogP contribution is -2.33. The van der Waals surface area contributed by atoms with Crippen LogP contribution in [0.25, 0.3) is 0 Å². The summed E-state index contributed by atoms with van der Waals surface area (Å²) in [4.78, 5) is 30.7. The highest BCUT2D eigenvalue weighted by molar-refractivity contribution is 7.13. The first-order valence-electron chi connectivity index (χ1n) is 8.16. The van der Waals surface area contributed by atoms with E-state index in [-0.39, 0.29) is 11.5 Å². The molecular weight excluding hydrogens is 324 g/mol. The van der Waals surface area contributed by atoms with Crippen molar-refractivity contribution in [1.82, 2.24) is 14.5 Å². The molecule has 128 valence electrons. The van der Waals surface area contributed by atoms with Crippen LogP contribution < -0.4 is 10.9 Å². The van der Waals surface area contributed by atoms with Crippen molar-refractivity contribution in [3.63, 3.8) is 0 Å². The molecule has 24 heavy (non-hydrogen) atoms. The van der Waals surface area contributed by atoms with Gasteiger partial charge in [-0.15, -0.1) is 11.3 Å². The minimum atomic E-state index is -0.305. The Kier molecular flexibility index (Phi) is 5.11. The fraction of sp³-hybridized carbons (Fsp3) is 0.471. The summed E-state index contributed by atoms with van der Waals surface area (Å²) in [5, 5.41) is 5.33. The van der Waals surface area contributed by atoms with Gasteiger partial charge in [0.15, 0.2) is 5.13 Å². The second-order valence-corrected chi connectivity index (χ2v) is 7.30. The standard InChI is InChI=1S/C17H22N4O2S/c1-12-4-3-6-21(9-12)10-14-11-24-17(18-14)19-16(23)13-5-7-20(2)15(22)8-13/h5,7-8,11-12H,3-4,6,9-10H2,1-2H3,(H,18,19,23). The normalized spacial score (nSPS) is 18.5. The number of rotatable bonds is 4. The summed E-state index contributed by atoms with van der Waals surface area (Å²) in [6, 6.07) is 2.96. The Morgan fingerprint density at radius 1 is 1.50 bits per heavy atom. The number of thiazole rings is 1. The van der Waals surface area contributed by atoms with E-state index in [2.05, 4.69) is 22.1 Å². The maximum atomic E-state index is 12.2.